The normalized spacial score (nSPS) is 11.0. The number of carbonyl (C=O) groups excluding carboxylic acids is 2. The molecular formula is C16H13ClFN3O3. The molecular weight excluding hydrogens is 337 g/mol. The Balaban J connectivity index is 2.01. The Morgan fingerprint density at radius 3 is 2.54 bits per heavy atom. The predicted octanol–water partition coefficient (Wildman–Crippen LogP) is 2.66. The lowest BCUT2D eigenvalue weighted by Crippen LogP contribution is -2.32. The first-order chi connectivity index (χ1) is 11.4. The van der Waals surface area contributed by atoms with E-state index in [1.165, 1.54) is 18.2 Å². The highest BCUT2D eigenvalue weighted by Gasteiger charge is 2.14. The van der Waals surface area contributed by atoms with Gasteiger partial charge in [-0.15, -0.1) is 0 Å². The number of anilines is 1. The molecule has 24 heavy (non-hydrogen) atoms. The first-order valence-corrected chi connectivity index (χ1v) is 7.15. The monoisotopic (exact) mass is 349 g/mol. The Bertz CT molecular complexity index is 824. The molecule has 0 spiro atoms. The Morgan fingerprint density at radius 2 is 1.88 bits per heavy atom. The van der Waals surface area contributed by atoms with Gasteiger partial charge in [-0.3, -0.25) is 9.59 Å². The maximum absolute atomic E-state index is 13.0. The molecule has 2 aromatic rings. The van der Waals surface area contributed by atoms with Crippen LogP contribution in [-0.4, -0.2) is 22.6 Å². The summed E-state index contributed by atoms with van der Waals surface area (Å²) >= 11 is 5.59. The fourth-order valence-electron chi connectivity index (χ4n) is 1.79. The molecule has 0 aliphatic heterocycles. The van der Waals surface area contributed by atoms with Crippen molar-refractivity contribution in [2.45, 2.75) is 6.92 Å². The fourth-order valence-corrected chi connectivity index (χ4v) is 1.97. The summed E-state index contributed by atoms with van der Waals surface area (Å²) in [7, 11) is 0. The van der Waals surface area contributed by atoms with E-state index < -0.39 is 17.6 Å². The number of nitrogens with one attached hydrogen (secondary N) is 2. The van der Waals surface area contributed by atoms with Crippen molar-refractivity contribution in [3.8, 4) is 5.75 Å². The smallest absolute Gasteiger partial charge is 0.329 e. The van der Waals surface area contributed by atoms with Crippen LogP contribution in [0.5, 0.6) is 5.75 Å². The number of benzene rings is 2. The maximum atomic E-state index is 13.0. The van der Waals surface area contributed by atoms with Gasteiger partial charge in [-0.2, -0.15) is 5.10 Å². The van der Waals surface area contributed by atoms with Crippen molar-refractivity contribution in [1.29, 1.82) is 0 Å². The molecule has 8 heteroatoms. The maximum Gasteiger partial charge on any atom is 0.329 e. The number of carbonyl (C=O) groups is 2. The molecule has 6 nitrogen and oxygen atoms in total. The molecule has 0 radical (unpaired) electrons. The summed E-state index contributed by atoms with van der Waals surface area (Å²) in [5.74, 6) is -2.66. The van der Waals surface area contributed by atoms with Crippen molar-refractivity contribution in [3.63, 3.8) is 0 Å². The van der Waals surface area contributed by atoms with Gasteiger partial charge < -0.3 is 10.4 Å². The van der Waals surface area contributed by atoms with Gasteiger partial charge in [0.05, 0.1) is 10.7 Å². The SMILES string of the molecule is C/C(=N\NC(=O)C(=O)Nc1ccc(F)c(Cl)c1)c1ccccc1O. The molecule has 0 bridgehead atoms. The molecule has 0 heterocycles. The van der Waals surface area contributed by atoms with E-state index in [1.807, 2.05) is 0 Å². The lowest BCUT2D eigenvalue weighted by atomic mass is 10.1. The van der Waals surface area contributed by atoms with E-state index >= 15 is 0 Å². The largest absolute Gasteiger partial charge is 0.507 e. The van der Waals surface area contributed by atoms with Crippen LogP contribution in [0.25, 0.3) is 0 Å². The number of amides is 2. The van der Waals surface area contributed by atoms with Crippen LogP contribution in [0, 0.1) is 5.82 Å². The standard InChI is InChI=1S/C16H13ClFN3O3/c1-9(11-4-2-3-5-14(11)22)20-21-16(24)15(23)19-10-6-7-13(18)12(17)8-10/h2-8,22H,1H3,(H,19,23)(H,21,24)/b20-9+. The van der Waals surface area contributed by atoms with E-state index in [0.717, 1.165) is 6.07 Å². The summed E-state index contributed by atoms with van der Waals surface area (Å²) in [5.41, 5.74) is 2.98. The number of hydrazone groups is 1. The third kappa shape index (κ3) is 4.30. The number of hydrogen-bond acceptors (Lipinski definition) is 4. The molecule has 0 aliphatic rings. The highest BCUT2D eigenvalue weighted by molar-refractivity contribution is 6.40. The average Bonchev–Trinajstić information content (AvgIpc) is 2.56. The summed E-state index contributed by atoms with van der Waals surface area (Å²) in [6, 6.07) is 9.94. The molecule has 3 N–H and O–H groups in total. The van der Waals surface area contributed by atoms with E-state index in [-0.39, 0.29) is 16.5 Å². The number of halogens is 2. The van der Waals surface area contributed by atoms with Crippen LogP contribution in [0.2, 0.25) is 5.02 Å². The summed E-state index contributed by atoms with van der Waals surface area (Å²) in [5, 5.41) is 15.5. The number of rotatable bonds is 3. The zero-order valence-electron chi connectivity index (χ0n) is 12.5. The quantitative estimate of drug-likeness (QED) is 0.452. The number of aromatic hydroxyl groups is 1. The van der Waals surface area contributed by atoms with Crippen molar-refractivity contribution in [2.75, 3.05) is 5.32 Å². The van der Waals surface area contributed by atoms with Gasteiger partial charge in [0.25, 0.3) is 0 Å². The second-order valence-corrected chi connectivity index (χ2v) is 5.15. The Kier molecular flexibility index (Phi) is 5.49. The molecule has 2 aromatic carbocycles. The van der Waals surface area contributed by atoms with E-state index in [4.69, 9.17) is 11.6 Å². The summed E-state index contributed by atoms with van der Waals surface area (Å²) in [6.45, 7) is 1.56. The average molecular weight is 350 g/mol. The van der Waals surface area contributed by atoms with Crippen molar-refractivity contribution in [1.82, 2.24) is 5.43 Å². The minimum absolute atomic E-state index is 0.00148. The molecule has 0 fully saturated rings. The van der Waals surface area contributed by atoms with Gasteiger partial charge in [-0.25, -0.2) is 9.82 Å². The van der Waals surface area contributed by atoms with Crippen LogP contribution in [0.1, 0.15) is 12.5 Å². The van der Waals surface area contributed by atoms with Gasteiger partial charge in [0.1, 0.15) is 11.6 Å². The van der Waals surface area contributed by atoms with Crippen molar-refractivity contribution in [3.05, 3.63) is 58.9 Å². The number of nitrogens with zero attached hydrogens (tertiary/aromatic N) is 1. The molecule has 0 aliphatic carbocycles. The molecule has 0 atom stereocenters. The van der Waals surface area contributed by atoms with Gasteiger partial charge in [0.2, 0.25) is 0 Å². The number of hydrogen-bond donors (Lipinski definition) is 3. The van der Waals surface area contributed by atoms with Crippen LogP contribution in [0.4, 0.5) is 10.1 Å². The second-order valence-electron chi connectivity index (χ2n) is 4.74. The molecule has 2 amide bonds. The highest BCUT2D eigenvalue weighted by Crippen LogP contribution is 2.19. The minimum Gasteiger partial charge on any atom is -0.507 e. The second kappa shape index (κ2) is 7.56. The summed E-state index contributed by atoms with van der Waals surface area (Å²) in [6.07, 6.45) is 0. The van der Waals surface area contributed by atoms with Gasteiger partial charge in [-0.05, 0) is 37.3 Å². The Labute approximate surface area is 141 Å². The minimum atomic E-state index is -1.02. The fraction of sp³-hybridized carbons (Fsp3) is 0.0625. The Morgan fingerprint density at radius 1 is 1.17 bits per heavy atom. The molecule has 0 aromatic heterocycles. The zero-order valence-corrected chi connectivity index (χ0v) is 13.3. The van der Waals surface area contributed by atoms with Gasteiger partial charge in [0.15, 0.2) is 0 Å². The van der Waals surface area contributed by atoms with Crippen molar-refractivity contribution >= 4 is 34.8 Å². The molecule has 0 unspecified atom stereocenters. The summed E-state index contributed by atoms with van der Waals surface area (Å²) in [4.78, 5) is 23.5. The third-order valence-corrected chi connectivity index (χ3v) is 3.29. The van der Waals surface area contributed by atoms with E-state index in [2.05, 4.69) is 15.8 Å². The zero-order chi connectivity index (χ0) is 17.7. The predicted molar refractivity (Wildman–Crippen MR) is 88.5 cm³/mol. The van der Waals surface area contributed by atoms with Gasteiger partial charge >= 0.3 is 11.8 Å². The van der Waals surface area contributed by atoms with Crippen LogP contribution >= 0.6 is 11.6 Å². The third-order valence-electron chi connectivity index (χ3n) is 3.00. The van der Waals surface area contributed by atoms with Crippen LogP contribution < -0.4 is 10.7 Å². The van der Waals surface area contributed by atoms with Crippen LogP contribution in [0.3, 0.4) is 0 Å². The van der Waals surface area contributed by atoms with Gasteiger partial charge in [-0.1, -0.05) is 23.7 Å². The highest BCUT2D eigenvalue weighted by atomic mass is 35.5. The number of phenols is 1. The number of phenolic OH excluding ortho intramolecular Hbond substituents is 1. The van der Waals surface area contributed by atoms with Crippen molar-refractivity contribution in [2.24, 2.45) is 5.10 Å². The van der Waals surface area contributed by atoms with E-state index in [1.54, 1.807) is 25.1 Å². The lowest BCUT2D eigenvalue weighted by molar-refractivity contribution is -0.136. The summed E-state index contributed by atoms with van der Waals surface area (Å²) < 4.78 is 13.0. The number of para-hydroxylation sites is 1. The van der Waals surface area contributed by atoms with Crippen LogP contribution in [-0.2, 0) is 9.59 Å². The van der Waals surface area contributed by atoms with E-state index in [9.17, 15) is 19.1 Å². The first-order valence-electron chi connectivity index (χ1n) is 6.77. The molecule has 2 rings (SSSR count). The topological polar surface area (TPSA) is 90.8 Å². The Hall–Kier alpha value is -2.93. The van der Waals surface area contributed by atoms with Crippen LogP contribution in [0.15, 0.2) is 47.6 Å². The van der Waals surface area contributed by atoms with E-state index in [0.29, 0.717) is 11.3 Å². The molecule has 124 valence electrons. The first kappa shape index (κ1) is 17.4. The van der Waals surface area contributed by atoms with Crippen molar-refractivity contribution < 1.29 is 19.1 Å². The molecule has 0 saturated carbocycles. The van der Waals surface area contributed by atoms with Gasteiger partial charge in [0, 0.05) is 11.3 Å². The lowest BCUT2D eigenvalue weighted by Gasteiger charge is -2.06. The molecule has 0 saturated heterocycles.